The van der Waals surface area contributed by atoms with Crippen LogP contribution in [-0.4, -0.2) is 36.7 Å². The van der Waals surface area contributed by atoms with Gasteiger partial charge in [0.1, 0.15) is 22.9 Å². The van der Waals surface area contributed by atoms with Gasteiger partial charge in [-0.05, 0) is 42.2 Å². The Morgan fingerprint density at radius 3 is 2.37 bits per heavy atom. The monoisotopic (exact) mass is 412 g/mol. The second-order valence-corrected chi connectivity index (χ2v) is 7.65. The zero-order chi connectivity index (χ0) is 22.5. The van der Waals surface area contributed by atoms with Crippen LogP contribution >= 0.6 is 0 Å². The van der Waals surface area contributed by atoms with E-state index in [1.54, 1.807) is 38.3 Å². The number of nitrogens with two attached hydrogens (primary N) is 1. The lowest BCUT2D eigenvalue weighted by molar-refractivity contribution is -0.110. The summed E-state index contributed by atoms with van der Waals surface area (Å²) < 4.78 is 10.5. The number of carbonyl (C=O) groups is 1. The fourth-order valence-corrected chi connectivity index (χ4v) is 2.72. The summed E-state index contributed by atoms with van der Waals surface area (Å²) in [5.74, 6) is 5.91. The molecule has 0 aliphatic carbocycles. The molecule has 0 aliphatic rings. The van der Waals surface area contributed by atoms with Crippen molar-refractivity contribution in [3.8, 4) is 17.2 Å². The van der Waals surface area contributed by atoms with Crippen LogP contribution in [0.2, 0.25) is 0 Å². The van der Waals surface area contributed by atoms with E-state index in [1.807, 2.05) is 26.8 Å². The molecule has 0 saturated heterocycles. The van der Waals surface area contributed by atoms with Crippen LogP contribution in [0.15, 0.2) is 46.5 Å². The van der Waals surface area contributed by atoms with Crippen LogP contribution in [0.1, 0.15) is 33.3 Å². The second kappa shape index (κ2) is 9.30. The number of rotatable bonds is 6. The average molecular weight is 412 g/mol. The van der Waals surface area contributed by atoms with Crippen molar-refractivity contribution < 1.29 is 19.4 Å². The fraction of sp³-hybridized carbons (Fsp3) is 0.318. The summed E-state index contributed by atoms with van der Waals surface area (Å²) in [5.41, 5.74) is 1.71. The van der Waals surface area contributed by atoms with Crippen LogP contribution in [0, 0.1) is 0 Å². The molecule has 0 atom stereocenters. The van der Waals surface area contributed by atoms with Gasteiger partial charge in [0.2, 0.25) is 0 Å². The van der Waals surface area contributed by atoms with Gasteiger partial charge >= 0.3 is 0 Å². The summed E-state index contributed by atoms with van der Waals surface area (Å²) in [4.78, 5) is 17.2. The third kappa shape index (κ3) is 5.28. The Balaban J connectivity index is 2.35. The maximum atomic E-state index is 12.8. The molecule has 0 aliphatic heterocycles. The smallest absolute Gasteiger partial charge is 0.278 e. The molecule has 0 bridgehead atoms. The van der Waals surface area contributed by atoms with Crippen molar-refractivity contribution in [2.24, 2.45) is 15.9 Å². The number of amides is 1. The van der Waals surface area contributed by atoms with E-state index in [1.165, 1.54) is 13.2 Å². The molecule has 0 aromatic heterocycles. The number of anilines is 1. The Kier molecular flexibility index (Phi) is 7.05. The standard InChI is InChI=1S/C22H28N4O4/c1-13(24-17-12-15(29-5)8-10-19(17)30-6)20(26-23)21(28)25-16-11-14(22(2,3)4)7-9-18(16)27/h7-12,27H,23H2,1-6H3,(H,25,28)/b24-13?,26-20+. The van der Waals surface area contributed by atoms with Crippen LogP contribution in [-0.2, 0) is 10.2 Å². The highest BCUT2D eigenvalue weighted by atomic mass is 16.5. The van der Waals surface area contributed by atoms with E-state index in [-0.39, 0.29) is 28.3 Å². The summed E-state index contributed by atoms with van der Waals surface area (Å²) >= 11 is 0. The molecule has 0 fully saturated rings. The summed E-state index contributed by atoms with van der Waals surface area (Å²) in [6.45, 7) is 7.72. The molecule has 1 amide bonds. The lowest BCUT2D eigenvalue weighted by Gasteiger charge is -2.20. The number of phenolic OH excluding ortho intramolecular Hbond substituents is 1. The first-order valence-corrected chi connectivity index (χ1v) is 9.31. The van der Waals surface area contributed by atoms with E-state index in [0.717, 1.165) is 5.56 Å². The molecule has 2 rings (SSSR count). The highest BCUT2D eigenvalue weighted by Gasteiger charge is 2.20. The van der Waals surface area contributed by atoms with Gasteiger partial charge in [0.15, 0.2) is 5.71 Å². The van der Waals surface area contributed by atoms with Gasteiger partial charge < -0.3 is 25.7 Å². The Hall–Kier alpha value is -3.55. The number of carbonyl (C=O) groups excluding carboxylic acids is 1. The van der Waals surface area contributed by atoms with Gasteiger partial charge in [-0.2, -0.15) is 5.10 Å². The molecule has 30 heavy (non-hydrogen) atoms. The number of benzene rings is 2. The van der Waals surface area contributed by atoms with Crippen LogP contribution < -0.4 is 20.6 Å². The predicted molar refractivity (Wildman–Crippen MR) is 119 cm³/mol. The molecule has 0 unspecified atom stereocenters. The quantitative estimate of drug-likeness (QED) is 0.289. The number of hydrazone groups is 1. The number of phenols is 1. The van der Waals surface area contributed by atoms with Gasteiger partial charge in [-0.15, -0.1) is 0 Å². The van der Waals surface area contributed by atoms with E-state index < -0.39 is 5.91 Å². The number of nitrogens with zero attached hydrogens (tertiary/aromatic N) is 2. The molecule has 2 aromatic rings. The van der Waals surface area contributed by atoms with Crippen LogP contribution in [0.5, 0.6) is 17.2 Å². The molecule has 8 heteroatoms. The molecule has 0 heterocycles. The summed E-state index contributed by atoms with van der Waals surface area (Å²) in [7, 11) is 3.06. The van der Waals surface area contributed by atoms with E-state index in [2.05, 4.69) is 15.4 Å². The predicted octanol–water partition coefficient (Wildman–Crippen LogP) is 3.75. The van der Waals surface area contributed by atoms with Gasteiger partial charge in [-0.3, -0.25) is 4.79 Å². The Morgan fingerprint density at radius 2 is 1.80 bits per heavy atom. The van der Waals surface area contributed by atoms with Gasteiger partial charge in [0.05, 0.1) is 25.6 Å². The minimum absolute atomic E-state index is 0.0585. The number of hydrogen-bond donors (Lipinski definition) is 3. The molecule has 8 nitrogen and oxygen atoms in total. The first-order chi connectivity index (χ1) is 14.1. The maximum Gasteiger partial charge on any atom is 0.278 e. The van der Waals surface area contributed by atoms with Crippen molar-refractivity contribution in [3.63, 3.8) is 0 Å². The number of hydrogen-bond acceptors (Lipinski definition) is 7. The largest absolute Gasteiger partial charge is 0.506 e. The lowest BCUT2D eigenvalue weighted by atomic mass is 9.87. The minimum atomic E-state index is -0.595. The fourth-order valence-electron chi connectivity index (χ4n) is 2.72. The maximum absolute atomic E-state index is 12.8. The molecule has 160 valence electrons. The molecular formula is C22H28N4O4. The van der Waals surface area contributed by atoms with Crippen molar-refractivity contribution in [2.75, 3.05) is 19.5 Å². The summed E-state index contributed by atoms with van der Waals surface area (Å²) in [6.07, 6.45) is 0. The third-order valence-corrected chi connectivity index (χ3v) is 4.47. The number of aromatic hydroxyl groups is 1. The zero-order valence-corrected chi connectivity index (χ0v) is 18.1. The Morgan fingerprint density at radius 1 is 1.10 bits per heavy atom. The van der Waals surface area contributed by atoms with Gasteiger partial charge in [0.25, 0.3) is 5.91 Å². The highest BCUT2D eigenvalue weighted by Crippen LogP contribution is 2.32. The van der Waals surface area contributed by atoms with E-state index >= 15 is 0 Å². The Labute approximate surface area is 176 Å². The van der Waals surface area contributed by atoms with Crippen LogP contribution in [0.25, 0.3) is 0 Å². The number of aliphatic imine (C=N–C) groups is 1. The lowest BCUT2D eigenvalue weighted by Crippen LogP contribution is -2.30. The van der Waals surface area contributed by atoms with Crippen molar-refractivity contribution in [1.82, 2.24) is 0 Å². The number of nitrogens with one attached hydrogen (secondary N) is 1. The number of ether oxygens (including phenoxy) is 2. The van der Waals surface area contributed by atoms with E-state index in [4.69, 9.17) is 15.3 Å². The van der Waals surface area contributed by atoms with Gasteiger partial charge in [-0.1, -0.05) is 26.8 Å². The summed E-state index contributed by atoms with van der Waals surface area (Å²) in [6, 6.07) is 10.2. The molecule has 0 saturated carbocycles. The zero-order valence-electron chi connectivity index (χ0n) is 18.1. The van der Waals surface area contributed by atoms with Crippen LogP contribution in [0.4, 0.5) is 11.4 Å². The first-order valence-electron chi connectivity index (χ1n) is 9.31. The second-order valence-electron chi connectivity index (χ2n) is 7.65. The van der Waals surface area contributed by atoms with Crippen molar-refractivity contribution in [1.29, 1.82) is 0 Å². The third-order valence-electron chi connectivity index (χ3n) is 4.47. The molecule has 0 radical (unpaired) electrons. The topological polar surface area (TPSA) is 119 Å². The van der Waals surface area contributed by atoms with Crippen LogP contribution in [0.3, 0.4) is 0 Å². The Bertz CT molecular complexity index is 991. The molecule has 4 N–H and O–H groups in total. The van der Waals surface area contributed by atoms with Crippen molar-refractivity contribution >= 4 is 28.7 Å². The van der Waals surface area contributed by atoms with Crippen molar-refractivity contribution in [2.45, 2.75) is 33.1 Å². The minimum Gasteiger partial charge on any atom is -0.506 e. The van der Waals surface area contributed by atoms with E-state index in [9.17, 15) is 9.90 Å². The number of methoxy groups -OCH3 is 2. The molecule has 0 spiro atoms. The van der Waals surface area contributed by atoms with Gasteiger partial charge in [0, 0.05) is 6.07 Å². The normalized spacial score (nSPS) is 12.5. The average Bonchev–Trinajstić information content (AvgIpc) is 2.69. The SMILES string of the molecule is COc1ccc(OC)c(N=C(C)/C(=N\N)C(=O)Nc2cc(C(C)(C)C)ccc2O)c1. The highest BCUT2D eigenvalue weighted by molar-refractivity contribution is 6.68. The first kappa shape index (κ1) is 22.7. The van der Waals surface area contributed by atoms with Gasteiger partial charge in [-0.25, -0.2) is 4.99 Å². The van der Waals surface area contributed by atoms with Crippen molar-refractivity contribution in [3.05, 3.63) is 42.0 Å². The molecule has 2 aromatic carbocycles. The molecular weight excluding hydrogens is 384 g/mol. The van der Waals surface area contributed by atoms with E-state index in [0.29, 0.717) is 17.2 Å². The summed E-state index contributed by atoms with van der Waals surface area (Å²) in [5, 5.41) is 16.4.